The molecule has 0 spiro atoms. The predicted octanol–water partition coefficient (Wildman–Crippen LogP) is 3.72. The van der Waals surface area contributed by atoms with E-state index in [4.69, 9.17) is 47.4 Å². The van der Waals surface area contributed by atoms with Gasteiger partial charge in [-0.2, -0.15) is 0 Å². The van der Waals surface area contributed by atoms with Gasteiger partial charge in [0.15, 0.2) is 5.85 Å². The van der Waals surface area contributed by atoms with Crippen LogP contribution in [0.25, 0.3) is 11.3 Å². The van der Waals surface area contributed by atoms with Crippen LogP contribution >= 0.6 is 0 Å². The number of carbonyl (C=O) groups excluding carboxylic acids is 8. The molecule has 2 unspecified atom stereocenters. The van der Waals surface area contributed by atoms with Gasteiger partial charge in [0.05, 0.1) is 117 Å². The van der Waals surface area contributed by atoms with Crippen LogP contribution in [0.3, 0.4) is 0 Å². The molecule has 1 aliphatic heterocycles. The molecular weight excluding hydrogens is 1380 g/mol. The number of anilines is 1. The summed E-state index contributed by atoms with van der Waals surface area (Å²) in [6.45, 7) is 17.3. The van der Waals surface area contributed by atoms with E-state index in [1.807, 2.05) is 43.3 Å². The van der Waals surface area contributed by atoms with E-state index in [1.165, 1.54) is 48.4 Å². The summed E-state index contributed by atoms with van der Waals surface area (Å²) in [5, 5.41) is 33.2. The molecule has 1 aliphatic rings. The first-order valence-corrected chi connectivity index (χ1v) is 35.7. The van der Waals surface area contributed by atoms with E-state index in [1.54, 1.807) is 72.8 Å². The van der Waals surface area contributed by atoms with E-state index >= 15 is 0 Å². The summed E-state index contributed by atoms with van der Waals surface area (Å²) in [6, 6.07) is 10.2. The maximum Gasteiger partial charge on any atom is 0.415 e. The van der Waals surface area contributed by atoms with Crippen molar-refractivity contribution in [1.82, 2.24) is 56.8 Å². The topological polar surface area (TPSA) is 358 Å². The largest absolute Gasteiger partial charge is 0.445 e. The Morgan fingerprint density at radius 3 is 1.87 bits per heavy atom. The molecule has 0 fully saturated rings. The Hall–Kier alpha value is -8.25. The molecule has 8 amide bonds. The number of halogens is 1. The fourth-order valence-corrected chi connectivity index (χ4v) is 10.7. The van der Waals surface area contributed by atoms with Gasteiger partial charge in [0.2, 0.25) is 23.6 Å². The lowest BCUT2D eigenvalue weighted by atomic mass is 9.90. The number of amides is 8. The summed E-state index contributed by atoms with van der Waals surface area (Å²) in [5.41, 5.74) is 4.73. The normalized spacial score (nSPS) is 14.1. The number of carbonyl (C=O) groups is 8. The highest BCUT2D eigenvalue weighted by Gasteiger charge is 2.33. The number of nitrogens with one attached hydrogen (secondary N) is 8. The molecule has 3 aromatic rings. The molecule has 592 valence electrons. The monoisotopic (exact) mass is 1490 g/mol. The molecule has 4 rings (SSSR count). The predicted molar refractivity (Wildman–Crippen MR) is 397 cm³/mol. The van der Waals surface area contributed by atoms with E-state index in [9.17, 15) is 47.9 Å². The average molecular weight is 1500 g/mol. The first-order chi connectivity index (χ1) is 50.7. The first-order valence-electron chi connectivity index (χ1n) is 35.7. The molecule has 0 saturated carbocycles. The first kappa shape index (κ1) is 90.1. The third-order valence-corrected chi connectivity index (χ3v) is 16.8. The summed E-state index contributed by atoms with van der Waals surface area (Å²) in [4.78, 5) is 117. The minimum atomic E-state index is -1.48. The molecule has 32 heteroatoms. The number of nitrogens with zero attached hydrogens (tertiary/aromatic N) is 4. The second kappa shape index (κ2) is 49.6. The van der Waals surface area contributed by atoms with Gasteiger partial charge in [-0.15, -0.1) is 0 Å². The van der Waals surface area contributed by atoms with Gasteiger partial charge < -0.3 is 104 Å². The van der Waals surface area contributed by atoms with Gasteiger partial charge in [-0.3, -0.25) is 39.0 Å². The van der Waals surface area contributed by atoms with Crippen LogP contribution in [0.4, 0.5) is 19.7 Å². The number of alkyl carbamates (subject to hydrolysis) is 1. The van der Waals surface area contributed by atoms with Crippen LogP contribution in [0.15, 0.2) is 67.3 Å². The van der Waals surface area contributed by atoms with Crippen LogP contribution < -0.4 is 47.3 Å². The molecule has 0 aromatic heterocycles. The zero-order valence-corrected chi connectivity index (χ0v) is 63.8. The highest BCUT2D eigenvalue weighted by molar-refractivity contribution is 6.05. The molecule has 3 aromatic carbocycles. The summed E-state index contributed by atoms with van der Waals surface area (Å²) in [5.74, 6) is -6.60. The van der Waals surface area contributed by atoms with Gasteiger partial charge in [0, 0.05) is 72.4 Å². The number of methoxy groups -OCH3 is 1. The lowest BCUT2D eigenvalue weighted by molar-refractivity contribution is -0.133. The average Bonchev–Trinajstić information content (AvgIpc) is 1.48. The minimum absolute atomic E-state index is 0.000836. The van der Waals surface area contributed by atoms with Gasteiger partial charge in [0.1, 0.15) is 36.3 Å². The highest BCUT2D eigenvalue weighted by atomic mass is 19.1. The summed E-state index contributed by atoms with van der Waals surface area (Å²) < 4.78 is 69.0. The molecule has 0 saturated heterocycles. The molecule has 0 bridgehead atoms. The van der Waals surface area contributed by atoms with Crippen molar-refractivity contribution < 1.29 is 95.2 Å². The van der Waals surface area contributed by atoms with Crippen LogP contribution in [0.1, 0.15) is 95.8 Å². The third-order valence-electron chi connectivity index (χ3n) is 16.8. The van der Waals surface area contributed by atoms with Crippen molar-refractivity contribution in [2.24, 2.45) is 5.92 Å². The van der Waals surface area contributed by atoms with Gasteiger partial charge in [-0.05, 0) is 138 Å². The Labute approximate surface area is 622 Å². The Bertz CT molecular complexity index is 3270. The van der Waals surface area contributed by atoms with Crippen molar-refractivity contribution in [3.8, 4) is 5.75 Å². The Kier molecular flexibility index (Phi) is 42.2. The van der Waals surface area contributed by atoms with Crippen molar-refractivity contribution >= 4 is 64.6 Å². The summed E-state index contributed by atoms with van der Waals surface area (Å²) in [7, 11) is 13.6. The van der Waals surface area contributed by atoms with Crippen molar-refractivity contribution in [3.05, 3.63) is 106 Å². The van der Waals surface area contributed by atoms with Crippen molar-refractivity contribution in [3.63, 3.8) is 0 Å². The van der Waals surface area contributed by atoms with Crippen LogP contribution in [-0.2, 0) is 68.4 Å². The number of hydrogen-bond acceptors (Lipinski definition) is 23. The molecular formula is C74H115FN12O19. The number of rotatable bonds is 52. The number of hydrogen-bond donors (Lipinski definition) is 9. The zero-order chi connectivity index (χ0) is 78.0. The second-order valence-corrected chi connectivity index (χ2v) is 25.8. The van der Waals surface area contributed by atoms with Crippen LogP contribution in [0, 0.1) is 18.7 Å². The molecule has 0 radical (unpaired) electrons. The SMILES string of the molecule is C=CCOC(=O)NC(CC(=O)N[C@H](C(=O)N[C@@H](CCCN(C)C(C)(O)NC)C(=O)Nc1ccc(OC(=O)N(C)Cc2ccc(/C(NC)=C3\CCN(C)C(=O)c4cc(F)cc(C)c43)cc2)c(C(=O)NCCCN(C)C)c1)C(C)C)C(=O)NCCOCCOCCOCCOCCOCCOCCOCCOC. The molecule has 9 N–H and O–H groups in total. The van der Waals surface area contributed by atoms with E-state index in [0.29, 0.717) is 116 Å². The fraction of sp³-hybridized carbons (Fsp3) is 0.595. The van der Waals surface area contributed by atoms with E-state index in [-0.39, 0.29) is 93.9 Å². The number of ether oxygens (including phenoxy) is 10. The Morgan fingerprint density at radius 1 is 0.717 bits per heavy atom. The third kappa shape index (κ3) is 32.9. The van der Waals surface area contributed by atoms with Crippen LogP contribution in [-0.4, -0.2) is 291 Å². The fourth-order valence-electron chi connectivity index (χ4n) is 10.7. The number of fused-ring (bicyclic) bond motifs is 1. The minimum Gasteiger partial charge on any atom is -0.445 e. The van der Waals surface area contributed by atoms with Crippen molar-refractivity contribution in [1.29, 1.82) is 0 Å². The number of aryl methyl sites for hydroxylation is 1. The molecule has 1 heterocycles. The Morgan fingerprint density at radius 2 is 1.31 bits per heavy atom. The van der Waals surface area contributed by atoms with E-state index in [0.717, 1.165) is 22.4 Å². The maximum absolute atomic E-state index is 14.7. The maximum atomic E-state index is 14.7. The second-order valence-electron chi connectivity index (χ2n) is 25.8. The molecule has 31 nitrogen and oxygen atoms in total. The quantitative estimate of drug-likeness (QED) is 0.0221. The van der Waals surface area contributed by atoms with Gasteiger partial charge in [0.25, 0.3) is 11.8 Å². The Balaban J connectivity index is 1.41. The van der Waals surface area contributed by atoms with Gasteiger partial charge >= 0.3 is 12.2 Å². The lowest BCUT2D eigenvalue weighted by Crippen LogP contribution is -2.56. The number of aliphatic hydroxyl groups is 1. The van der Waals surface area contributed by atoms with Crippen molar-refractivity contribution in [2.45, 2.75) is 90.3 Å². The molecule has 106 heavy (non-hydrogen) atoms. The van der Waals surface area contributed by atoms with Crippen LogP contribution in [0.2, 0.25) is 0 Å². The van der Waals surface area contributed by atoms with Crippen molar-refractivity contribution in [2.75, 3.05) is 200 Å². The lowest BCUT2D eigenvalue weighted by Gasteiger charge is -2.33. The highest BCUT2D eigenvalue weighted by Crippen LogP contribution is 2.36. The van der Waals surface area contributed by atoms with Gasteiger partial charge in [-0.25, -0.2) is 14.0 Å². The molecule has 4 atom stereocenters. The zero-order valence-electron chi connectivity index (χ0n) is 63.8. The van der Waals surface area contributed by atoms with Gasteiger partial charge in [-0.1, -0.05) is 50.8 Å². The standard InChI is InChI=1S/C74H115FN12O19/c1-14-30-105-72(94)82-61(68(90)79-26-31-98-34-35-100-38-39-102-42-43-104-45-44-103-41-40-101-37-36-99-33-32-97-13)49-63(88)83-65(51(2)3)70(92)81-60(17-15-28-87(12)74(5,96)77-7)69(91)80-56-22-23-62(58(48-56)67(89)78-25-16-27-84(8)9)106-73(95)86(11)50-53-18-20-54(21-19-53)66(76-6)57-24-29-85(10)71(93)59-47-55(75)46-52(4)64(57)59/h14,18-23,46-48,51,60-61,65,76-77,96H,1,15-17,24-45,49-50H2,2-13H3,(H,78,89)(H,79,90)(H,80,91)(H,81,92)(H,82,94)(H,83,88)/b66-57-/t60-,61?,65-,74?/m0/s1. The van der Waals surface area contributed by atoms with Crippen LogP contribution in [0.5, 0.6) is 5.75 Å². The van der Waals surface area contributed by atoms with E-state index < -0.39 is 83.9 Å². The smallest absolute Gasteiger partial charge is 0.415 e. The number of benzene rings is 3. The summed E-state index contributed by atoms with van der Waals surface area (Å²) >= 11 is 0. The summed E-state index contributed by atoms with van der Waals surface area (Å²) in [6.07, 6.45) is 0.185. The van der Waals surface area contributed by atoms with E-state index in [2.05, 4.69) is 49.1 Å². The molecule has 0 aliphatic carbocycles.